The van der Waals surface area contributed by atoms with E-state index in [0.29, 0.717) is 18.7 Å². The molecule has 0 fully saturated rings. The van der Waals surface area contributed by atoms with Gasteiger partial charge in [-0.1, -0.05) is 0 Å². The maximum Gasteiger partial charge on any atom is 0.407 e. The van der Waals surface area contributed by atoms with E-state index in [1.807, 2.05) is 0 Å². The van der Waals surface area contributed by atoms with Crippen LogP contribution in [0.15, 0.2) is 5.38 Å². The predicted octanol–water partition coefficient (Wildman–Crippen LogP) is 0.648. The van der Waals surface area contributed by atoms with Crippen LogP contribution in [0.2, 0.25) is 0 Å². The zero-order valence-corrected chi connectivity index (χ0v) is 16.8. The van der Waals surface area contributed by atoms with Crippen molar-refractivity contribution in [2.24, 2.45) is 5.73 Å². The van der Waals surface area contributed by atoms with Gasteiger partial charge in [0.15, 0.2) is 0 Å². The topological polar surface area (TPSA) is 147 Å². The number of carboxylic acids is 1. The molecule has 0 aliphatic heterocycles. The van der Waals surface area contributed by atoms with Gasteiger partial charge < -0.3 is 20.9 Å². The minimum atomic E-state index is -1.05. The summed E-state index contributed by atoms with van der Waals surface area (Å²) in [6.45, 7) is 5.42. The fourth-order valence-corrected chi connectivity index (χ4v) is 2.86. The van der Waals surface area contributed by atoms with Gasteiger partial charge in [0.05, 0.1) is 16.7 Å². The standard InChI is InChI=1S/C16H27N5O5S/c1-16(2,3)26-15(25)18-6-5-13-19-11(9-27-13)10(17)7-12(22)20-21(4)8-14(23)24/h9-10H,5-8,17H2,1-4H3,(H,18,25)(H,20,22)(H,23,24)/t10-/m0/s1. The number of carbonyl (C=O) groups is 3. The van der Waals surface area contributed by atoms with E-state index in [1.54, 1.807) is 26.2 Å². The molecule has 0 saturated heterocycles. The van der Waals surface area contributed by atoms with Crippen molar-refractivity contribution in [1.82, 2.24) is 20.7 Å². The van der Waals surface area contributed by atoms with Gasteiger partial charge in [-0.25, -0.2) is 14.8 Å². The summed E-state index contributed by atoms with van der Waals surface area (Å²) in [6, 6.07) is -0.605. The van der Waals surface area contributed by atoms with Gasteiger partial charge in [0.25, 0.3) is 0 Å². The van der Waals surface area contributed by atoms with Crippen molar-refractivity contribution in [3.05, 3.63) is 16.1 Å². The first-order valence-corrected chi connectivity index (χ1v) is 9.23. The van der Waals surface area contributed by atoms with Crippen LogP contribution in [0, 0.1) is 0 Å². The summed E-state index contributed by atoms with van der Waals surface area (Å²) in [6.07, 6.45) is 0.00568. The van der Waals surface area contributed by atoms with Crippen LogP contribution in [0.4, 0.5) is 4.79 Å². The molecule has 11 heteroatoms. The molecule has 1 heterocycles. The van der Waals surface area contributed by atoms with E-state index in [1.165, 1.54) is 23.4 Å². The molecule has 152 valence electrons. The van der Waals surface area contributed by atoms with Crippen molar-refractivity contribution >= 4 is 29.3 Å². The Labute approximate surface area is 162 Å². The first-order chi connectivity index (χ1) is 12.5. The summed E-state index contributed by atoms with van der Waals surface area (Å²) in [5.74, 6) is -1.45. The van der Waals surface area contributed by atoms with Crippen LogP contribution in [-0.2, 0) is 20.7 Å². The Hall–Kier alpha value is -2.24. The molecule has 0 aliphatic rings. The molecule has 0 saturated carbocycles. The van der Waals surface area contributed by atoms with Gasteiger partial charge >= 0.3 is 12.1 Å². The molecule has 1 aromatic heterocycles. The maximum atomic E-state index is 11.9. The molecular formula is C16H27N5O5S. The quantitative estimate of drug-likeness (QED) is 0.441. The van der Waals surface area contributed by atoms with E-state index in [9.17, 15) is 14.4 Å². The molecule has 1 aromatic rings. The summed E-state index contributed by atoms with van der Waals surface area (Å²) in [4.78, 5) is 38.4. The van der Waals surface area contributed by atoms with Crippen molar-refractivity contribution in [2.75, 3.05) is 20.1 Å². The number of hydrogen-bond donors (Lipinski definition) is 4. The van der Waals surface area contributed by atoms with E-state index < -0.39 is 29.6 Å². The van der Waals surface area contributed by atoms with Crippen LogP contribution >= 0.6 is 11.3 Å². The van der Waals surface area contributed by atoms with Gasteiger partial charge in [-0.2, -0.15) is 0 Å². The molecule has 10 nitrogen and oxygen atoms in total. The molecule has 0 unspecified atom stereocenters. The third kappa shape index (κ3) is 9.87. The van der Waals surface area contributed by atoms with E-state index >= 15 is 0 Å². The number of hydrogen-bond acceptors (Lipinski definition) is 8. The molecular weight excluding hydrogens is 374 g/mol. The Kier molecular flexibility index (Phi) is 8.60. The predicted molar refractivity (Wildman–Crippen MR) is 100 cm³/mol. The fourth-order valence-electron chi connectivity index (χ4n) is 2.00. The van der Waals surface area contributed by atoms with Gasteiger partial charge in [-0.3, -0.25) is 15.0 Å². The average Bonchev–Trinajstić information content (AvgIpc) is 2.92. The maximum absolute atomic E-state index is 11.9. The second-order valence-corrected chi connectivity index (χ2v) is 7.88. The highest BCUT2D eigenvalue weighted by atomic mass is 32.1. The summed E-state index contributed by atoms with van der Waals surface area (Å²) < 4.78 is 5.15. The minimum Gasteiger partial charge on any atom is -0.480 e. The molecule has 0 aromatic carbocycles. The second kappa shape index (κ2) is 10.2. The highest BCUT2D eigenvalue weighted by Gasteiger charge is 2.18. The molecule has 1 atom stereocenters. The summed E-state index contributed by atoms with van der Waals surface area (Å²) in [5, 5.41) is 15.0. The van der Waals surface area contributed by atoms with Crippen molar-refractivity contribution < 1.29 is 24.2 Å². The van der Waals surface area contributed by atoms with Gasteiger partial charge in [-0.15, -0.1) is 11.3 Å². The number of aliphatic carboxylic acids is 1. The van der Waals surface area contributed by atoms with Crippen LogP contribution in [0.5, 0.6) is 0 Å². The number of likely N-dealkylation sites (N-methyl/N-ethyl adjacent to an activating group) is 1. The summed E-state index contributed by atoms with van der Waals surface area (Å²) >= 11 is 1.39. The summed E-state index contributed by atoms with van der Waals surface area (Å²) in [5.41, 5.74) is 8.44. The molecule has 2 amide bonds. The average molecular weight is 401 g/mol. The van der Waals surface area contributed by atoms with E-state index in [-0.39, 0.29) is 13.0 Å². The zero-order chi connectivity index (χ0) is 20.6. The number of alkyl carbamates (subject to hydrolysis) is 1. The van der Waals surface area contributed by atoms with Crippen LogP contribution in [0.1, 0.15) is 43.9 Å². The Morgan fingerprint density at radius 3 is 2.67 bits per heavy atom. The number of aromatic nitrogens is 1. The zero-order valence-electron chi connectivity index (χ0n) is 15.9. The lowest BCUT2D eigenvalue weighted by atomic mass is 10.1. The van der Waals surface area contributed by atoms with Gasteiger partial charge in [0, 0.05) is 31.8 Å². The van der Waals surface area contributed by atoms with Crippen LogP contribution < -0.4 is 16.5 Å². The van der Waals surface area contributed by atoms with Crippen molar-refractivity contribution in [3.8, 4) is 0 Å². The van der Waals surface area contributed by atoms with Crippen LogP contribution in [0.25, 0.3) is 0 Å². The molecule has 5 N–H and O–H groups in total. The minimum absolute atomic E-state index is 0.0245. The number of hydrazine groups is 1. The van der Waals surface area contributed by atoms with Gasteiger partial charge in [0.2, 0.25) is 5.91 Å². The Bertz CT molecular complexity index is 658. The SMILES string of the molecule is CN(CC(=O)O)NC(=O)C[C@H](N)c1csc(CCNC(=O)OC(C)(C)C)n1. The summed E-state index contributed by atoms with van der Waals surface area (Å²) in [7, 11) is 1.45. The Morgan fingerprint density at radius 1 is 1.41 bits per heavy atom. The molecule has 0 spiro atoms. The lowest BCUT2D eigenvalue weighted by molar-refractivity contribution is -0.139. The number of carboxylic acid groups (broad SMARTS) is 1. The molecule has 0 radical (unpaired) electrons. The van der Waals surface area contributed by atoms with Gasteiger partial charge in [-0.05, 0) is 20.8 Å². The number of rotatable bonds is 9. The van der Waals surface area contributed by atoms with Crippen molar-refractivity contribution in [1.29, 1.82) is 0 Å². The van der Waals surface area contributed by atoms with E-state index in [2.05, 4.69) is 15.7 Å². The number of thiazole rings is 1. The Balaban J connectivity index is 2.41. The lowest BCUT2D eigenvalue weighted by Crippen LogP contribution is -2.43. The van der Waals surface area contributed by atoms with Crippen molar-refractivity contribution in [3.63, 3.8) is 0 Å². The van der Waals surface area contributed by atoms with Crippen molar-refractivity contribution in [2.45, 2.75) is 45.3 Å². The lowest BCUT2D eigenvalue weighted by Gasteiger charge is -2.19. The number of ether oxygens (including phenoxy) is 1. The fraction of sp³-hybridized carbons (Fsp3) is 0.625. The first-order valence-electron chi connectivity index (χ1n) is 8.35. The third-order valence-corrected chi connectivity index (χ3v) is 3.98. The molecule has 27 heavy (non-hydrogen) atoms. The number of nitrogens with one attached hydrogen (secondary N) is 2. The first kappa shape index (κ1) is 22.8. The number of nitrogens with two attached hydrogens (primary N) is 1. The number of amides is 2. The highest BCUT2D eigenvalue weighted by Crippen LogP contribution is 2.18. The molecule has 1 rings (SSSR count). The van der Waals surface area contributed by atoms with Gasteiger partial charge in [0.1, 0.15) is 12.1 Å². The second-order valence-electron chi connectivity index (χ2n) is 6.94. The largest absolute Gasteiger partial charge is 0.480 e. The monoisotopic (exact) mass is 401 g/mol. The highest BCUT2D eigenvalue weighted by molar-refractivity contribution is 7.09. The normalized spacial score (nSPS) is 12.5. The third-order valence-electron chi connectivity index (χ3n) is 3.05. The smallest absolute Gasteiger partial charge is 0.407 e. The number of carbonyl (C=O) groups excluding carboxylic acids is 2. The van der Waals surface area contributed by atoms with Crippen LogP contribution in [-0.4, -0.2) is 58.8 Å². The van der Waals surface area contributed by atoms with Crippen LogP contribution in [0.3, 0.4) is 0 Å². The van der Waals surface area contributed by atoms with E-state index in [0.717, 1.165) is 5.01 Å². The molecule has 0 bridgehead atoms. The molecule has 0 aliphatic carbocycles. The number of nitrogens with zero attached hydrogens (tertiary/aromatic N) is 2. The Morgan fingerprint density at radius 2 is 2.07 bits per heavy atom. The van der Waals surface area contributed by atoms with E-state index in [4.69, 9.17) is 15.6 Å².